The van der Waals surface area contributed by atoms with Gasteiger partial charge in [-0.1, -0.05) is 12.1 Å². The van der Waals surface area contributed by atoms with Crippen molar-refractivity contribution in [1.29, 1.82) is 0 Å². The molecular weight excluding hydrogens is 326 g/mol. The topological polar surface area (TPSA) is 30.9 Å². The minimum Gasteiger partial charge on any atom is -0.497 e. The number of ether oxygens (including phenoxy) is 3. The zero-order valence-corrected chi connectivity index (χ0v) is 15.8. The third-order valence-electron chi connectivity index (χ3n) is 5.64. The second-order valence-corrected chi connectivity index (χ2v) is 7.26. The van der Waals surface area contributed by atoms with Crippen molar-refractivity contribution in [3.63, 3.8) is 0 Å². The molecule has 26 heavy (non-hydrogen) atoms. The highest BCUT2D eigenvalue weighted by molar-refractivity contribution is 5.50. The van der Waals surface area contributed by atoms with Crippen LogP contribution in [-0.2, 0) is 13.0 Å². The first-order chi connectivity index (χ1) is 12.7. The predicted octanol–water partition coefficient (Wildman–Crippen LogP) is 4.22. The molecule has 1 saturated carbocycles. The Morgan fingerprint density at radius 1 is 0.923 bits per heavy atom. The van der Waals surface area contributed by atoms with Crippen molar-refractivity contribution in [3.8, 4) is 17.2 Å². The predicted molar refractivity (Wildman–Crippen MR) is 102 cm³/mol. The molecule has 4 nitrogen and oxygen atoms in total. The molecule has 4 heteroatoms. The van der Waals surface area contributed by atoms with E-state index < -0.39 is 0 Å². The van der Waals surface area contributed by atoms with Gasteiger partial charge < -0.3 is 14.2 Å². The fourth-order valence-electron chi connectivity index (χ4n) is 4.14. The van der Waals surface area contributed by atoms with E-state index in [-0.39, 0.29) is 0 Å². The van der Waals surface area contributed by atoms with Crippen LogP contribution in [0.15, 0.2) is 36.4 Å². The number of methoxy groups -OCH3 is 3. The van der Waals surface area contributed by atoms with Crippen LogP contribution >= 0.6 is 0 Å². The van der Waals surface area contributed by atoms with Crippen molar-refractivity contribution in [3.05, 3.63) is 53.1 Å². The van der Waals surface area contributed by atoms with Gasteiger partial charge in [-0.2, -0.15) is 0 Å². The van der Waals surface area contributed by atoms with E-state index in [9.17, 15) is 0 Å². The molecule has 1 unspecified atom stereocenters. The van der Waals surface area contributed by atoms with E-state index in [1.165, 1.54) is 29.5 Å². The third kappa shape index (κ3) is 3.26. The molecule has 1 aliphatic heterocycles. The Morgan fingerprint density at radius 3 is 2.23 bits per heavy atom. The number of fused-ring (bicyclic) bond motifs is 1. The molecule has 1 heterocycles. The summed E-state index contributed by atoms with van der Waals surface area (Å²) in [5.41, 5.74) is 4.16. The van der Waals surface area contributed by atoms with E-state index >= 15 is 0 Å². The Hall–Kier alpha value is -2.20. The van der Waals surface area contributed by atoms with Crippen LogP contribution in [0.2, 0.25) is 0 Å². The molecule has 2 aromatic carbocycles. The van der Waals surface area contributed by atoms with E-state index in [2.05, 4.69) is 29.2 Å². The second kappa shape index (κ2) is 7.20. The summed E-state index contributed by atoms with van der Waals surface area (Å²) < 4.78 is 16.4. The number of hydrogen-bond acceptors (Lipinski definition) is 4. The zero-order chi connectivity index (χ0) is 18.1. The molecule has 0 radical (unpaired) electrons. The average molecular weight is 353 g/mol. The zero-order valence-electron chi connectivity index (χ0n) is 15.8. The van der Waals surface area contributed by atoms with Gasteiger partial charge in [0.15, 0.2) is 11.5 Å². The average Bonchev–Trinajstić information content (AvgIpc) is 3.52. The molecule has 0 amide bonds. The van der Waals surface area contributed by atoms with Crippen molar-refractivity contribution < 1.29 is 14.2 Å². The van der Waals surface area contributed by atoms with Gasteiger partial charge in [0, 0.05) is 19.1 Å². The molecule has 0 spiro atoms. The summed E-state index contributed by atoms with van der Waals surface area (Å²) in [6.45, 7) is 2.05. The van der Waals surface area contributed by atoms with E-state index in [0.29, 0.717) is 6.04 Å². The van der Waals surface area contributed by atoms with Crippen LogP contribution in [0.3, 0.4) is 0 Å². The van der Waals surface area contributed by atoms with Crippen molar-refractivity contribution >= 4 is 0 Å². The van der Waals surface area contributed by atoms with Crippen LogP contribution in [-0.4, -0.2) is 32.8 Å². The summed E-state index contributed by atoms with van der Waals surface area (Å²) in [5.74, 6) is 3.34. The van der Waals surface area contributed by atoms with E-state index in [0.717, 1.165) is 42.7 Å². The molecule has 2 aromatic rings. The molecule has 0 bridgehead atoms. The van der Waals surface area contributed by atoms with Crippen LogP contribution in [0.5, 0.6) is 17.2 Å². The number of nitrogens with zero attached hydrogens (tertiary/aromatic N) is 1. The van der Waals surface area contributed by atoms with Gasteiger partial charge in [0.05, 0.1) is 21.3 Å². The SMILES string of the molecule is COc1ccc(CN2CCc3cc(OC)c(OC)cc3C2C2CC2)cc1. The highest BCUT2D eigenvalue weighted by Gasteiger charge is 2.40. The van der Waals surface area contributed by atoms with E-state index in [1.807, 2.05) is 12.1 Å². The summed E-state index contributed by atoms with van der Waals surface area (Å²) >= 11 is 0. The van der Waals surface area contributed by atoms with Crippen molar-refractivity contribution in [1.82, 2.24) is 4.90 Å². The smallest absolute Gasteiger partial charge is 0.161 e. The van der Waals surface area contributed by atoms with Gasteiger partial charge in [0.25, 0.3) is 0 Å². The molecular formula is C22H27NO3. The minimum atomic E-state index is 0.473. The van der Waals surface area contributed by atoms with Crippen molar-refractivity contribution in [2.24, 2.45) is 5.92 Å². The van der Waals surface area contributed by atoms with Gasteiger partial charge in [0.1, 0.15) is 5.75 Å². The lowest BCUT2D eigenvalue weighted by atomic mass is 9.88. The Balaban J connectivity index is 1.63. The van der Waals surface area contributed by atoms with Crippen molar-refractivity contribution in [2.75, 3.05) is 27.9 Å². The van der Waals surface area contributed by atoms with Gasteiger partial charge in [-0.05, 0) is 66.1 Å². The highest BCUT2D eigenvalue weighted by atomic mass is 16.5. The molecule has 138 valence electrons. The third-order valence-corrected chi connectivity index (χ3v) is 5.64. The van der Waals surface area contributed by atoms with Crippen LogP contribution in [0.4, 0.5) is 0 Å². The van der Waals surface area contributed by atoms with Gasteiger partial charge >= 0.3 is 0 Å². The first-order valence-corrected chi connectivity index (χ1v) is 9.35. The Labute approximate surface area is 155 Å². The molecule has 0 saturated heterocycles. The normalized spacial score (nSPS) is 19.7. The summed E-state index contributed by atoms with van der Waals surface area (Å²) in [6.07, 6.45) is 3.68. The van der Waals surface area contributed by atoms with Crippen LogP contribution in [0, 0.1) is 5.92 Å². The lowest BCUT2D eigenvalue weighted by Crippen LogP contribution is -2.36. The molecule has 1 aliphatic carbocycles. The summed E-state index contributed by atoms with van der Waals surface area (Å²) in [5, 5.41) is 0. The summed E-state index contributed by atoms with van der Waals surface area (Å²) in [7, 11) is 5.14. The second-order valence-electron chi connectivity index (χ2n) is 7.26. The first kappa shape index (κ1) is 17.2. The maximum atomic E-state index is 5.57. The van der Waals surface area contributed by atoms with E-state index in [4.69, 9.17) is 14.2 Å². The van der Waals surface area contributed by atoms with Crippen molar-refractivity contribution in [2.45, 2.75) is 31.8 Å². The highest BCUT2D eigenvalue weighted by Crippen LogP contribution is 2.49. The lowest BCUT2D eigenvalue weighted by Gasteiger charge is -2.38. The Morgan fingerprint density at radius 2 is 1.62 bits per heavy atom. The van der Waals surface area contributed by atoms with Crippen LogP contribution in [0.25, 0.3) is 0 Å². The fraction of sp³-hybridized carbons (Fsp3) is 0.455. The standard InChI is InChI=1S/C22H27NO3/c1-24-18-8-4-15(5-9-18)14-23-11-10-17-12-20(25-2)21(26-3)13-19(17)22(23)16-6-7-16/h4-5,8-9,12-13,16,22H,6-7,10-11,14H2,1-3H3. The summed E-state index contributed by atoms with van der Waals surface area (Å²) in [6, 6.07) is 13.3. The van der Waals surface area contributed by atoms with Gasteiger partial charge in [-0.25, -0.2) is 0 Å². The molecule has 0 N–H and O–H groups in total. The van der Waals surface area contributed by atoms with Gasteiger partial charge in [-0.15, -0.1) is 0 Å². The number of hydrogen-bond donors (Lipinski definition) is 0. The lowest BCUT2D eigenvalue weighted by molar-refractivity contribution is 0.156. The molecule has 0 aromatic heterocycles. The minimum absolute atomic E-state index is 0.473. The number of benzene rings is 2. The van der Waals surface area contributed by atoms with E-state index in [1.54, 1.807) is 21.3 Å². The molecule has 2 aliphatic rings. The first-order valence-electron chi connectivity index (χ1n) is 9.35. The molecule has 1 atom stereocenters. The fourth-order valence-corrected chi connectivity index (χ4v) is 4.14. The monoisotopic (exact) mass is 353 g/mol. The summed E-state index contributed by atoms with van der Waals surface area (Å²) in [4.78, 5) is 2.63. The Kier molecular flexibility index (Phi) is 4.77. The number of rotatable bonds is 6. The van der Waals surface area contributed by atoms with Gasteiger partial charge in [0.2, 0.25) is 0 Å². The Bertz CT molecular complexity index is 768. The molecule has 4 rings (SSSR count). The van der Waals surface area contributed by atoms with Crippen LogP contribution in [0.1, 0.15) is 35.6 Å². The van der Waals surface area contributed by atoms with Crippen LogP contribution < -0.4 is 14.2 Å². The maximum absolute atomic E-state index is 5.57. The largest absolute Gasteiger partial charge is 0.497 e. The van der Waals surface area contributed by atoms with Gasteiger partial charge in [-0.3, -0.25) is 4.90 Å². The molecule has 1 fully saturated rings. The quantitative estimate of drug-likeness (QED) is 0.778. The maximum Gasteiger partial charge on any atom is 0.161 e.